The Morgan fingerprint density at radius 2 is 1.27 bits per heavy atom. The van der Waals surface area contributed by atoms with E-state index in [4.69, 9.17) is 0 Å². The van der Waals surface area contributed by atoms with Gasteiger partial charge in [-0.25, -0.2) is 0 Å². The van der Waals surface area contributed by atoms with Crippen molar-refractivity contribution in [1.82, 2.24) is 0 Å². The molecule has 0 bridgehead atoms. The molecule has 0 N–H and O–H groups in total. The van der Waals surface area contributed by atoms with Gasteiger partial charge in [-0.3, -0.25) is 0 Å². The van der Waals surface area contributed by atoms with E-state index in [9.17, 15) is 0 Å². The number of fused-ring (bicyclic) bond motifs is 1. The van der Waals surface area contributed by atoms with E-state index in [1.165, 1.54) is 0 Å². The molecule has 0 saturated heterocycles. The van der Waals surface area contributed by atoms with Crippen LogP contribution >= 0.6 is 31.9 Å². The molecule has 2 aliphatic rings. The van der Waals surface area contributed by atoms with Crippen LogP contribution in [0.25, 0.3) is 0 Å². The third kappa shape index (κ3) is 1.27. The van der Waals surface area contributed by atoms with Gasteiger partial charge in [0.15, 0.2) is 0 Å². The summed E-state index contributed by atoms with van der Waals surface area (Å²) in [6.45, 7) is 0. The lowest BCUT2D eigenvalue weighted by Gasteiger charge is -1.90. The third-order valence-corrected chi connectivity index (χ3v) is 4.25. The van der Waals surface area contributed by atoms with Crippen LogP contribution in [0.1, 0.15) is 0 Å². The van der Waals surface area contributed by atoms with Gasteiger partial charge in [0.2, 0.25) is 0 Å². The smallest absolute Gasteiger partial charge is 0.0785 e. The molecule has 0 amide bonds. The molecule has 0 nitrogen and oxygen atoms in total. The Balaban J connectivity index is 2.25. The van der Waals surface area contributed by atoms with Crippen LogP contribution in [0.5, 0.6) is 0 Å². The summed E-state index contributed by atoms with van der Waals surface area (Å²) in [6, 6.07) is 0. The fraction of sp³-hybridized carbons (Fsp3) is 0.333. The molecule has 0 aromatic heterocycles. The summed E-state index contributed by atoms with van der Waals surface area (Å²) < 4.78 is 0.138. The summed E-state index contributed by atoms with van der Waals surface area (Å²) in [5.74, 6) is 1.23. The van der Waals surface area contributed by atoms with Crippen molar-refractivity contribution < 1.29 is 0 Å². The van der Waals surface area contributed by atoms with Gasteiger partial charge < -0.3 is 0 Å². The van der Waals surface area contributed by atoms with Crippen LogP contribution in [-0.2, 0) is 0 Å². The molecule has 11 heavy (non-hydrogen) atoms. The quantitative estimate of drug-likeness (QED) is 0.595. The van der Waals surface area contributed by atoms with Crippen LogP contribution in [0.15, 0.2) is 36.5 Å². The first-order chi connectivity index (χ1) is 5.23. The predicted octanol–water partition coefficient (Wildman–Crippen LogP) is 3.40. The monoisotopic (exact) mass is 274 g/mol. The van der Waals surface area contributed by atoms with Crippen LogP contribution in [0, 0.1) is 11.8 Å². The highest BCUT2D eigenvalue weighted by molar-refractivity contribution is 9.25. The lowest BCUT2D eigenvalue weighted by atomic mass is 10.2. The number of rotatable bonds is 0. The minimum Gasteiger partial charge on any atom is -0.0785 e. The number of allylic oxidation sites excluding steroid dienone is 6. The van der Waals surface area contributed by atoms with Crippen molar-refractivity contribution in [3.63, 3.8) is 0 Å². The van der Waals surface area contributed by atoms with Gasteiger partial charge in [-0.15, -0.1) is 0 Å². The Morgan fingerprint density at radius 1 is 0.818 bits per heavy atom. The molecule has 2 rings (SSSR count). The van der Waals surface area contributed by atoms with E-state index in [-0.39, 0.29) is 3.23 Å². The van der Waals surface area contributed by atoms with Crippen molar-refractivity contribution in [1.29, 1.82) is 0 Å². The summed E-state index contributed by atoms with van der Waals surface area (Å²) in [5, 5.41) is 0. The Bertz CT molecular complexity index is 224. The molecule has 2 aliphatic carbocycles. The zero-order valence-corrected chi connectivity index (χ0v) is 9.05. The van der Waals surface area contributed by atoms with E-state index in [0.29, 0.717) is 11.8 Å². The maximum Gasteiger partial charge on any atom is 0.0942 e. The zero-order valence-electron chi connectivity index (χ0n) is 5.87. The highest BCUT2D eigenvalue weighted by atomic mass is 79.9. The summed E-state index contributed by atoms with van der Waals surface area (Å²) in [7, 11) is 0. The minimum atomic E-state index is 0.138. The normalized spacial score (nSPS) is 37.6. The van der Waals surface area contributed by atoms with Gasteiger partial charge in [-0.1, -0.05) is 68.3 Å². The van der Waals surface area contributed by atoms with Gasteiger partial charge in [0.1, 0.15) is 0 Å². The predicted molar refractivity (Wildman–Crippen MR) is 55.0 cm³/mol. The van der Waals surface area contributed by atoms with Gasteiger partial charge in [-0.2, -0.15) is 0 Å². The standard InChI is InChI=1S/C9H8Br2/c10-9(11)7-5-3-1-2-4-6-8(7)9/h1-8H. The van der Waals surface area contributed by atoms with E-state index in [0.717, 1.165) is 0 Å². The second-order valence-corrected chi connectivity index (χ2v) is 6.57. The molecule has 2 atom stereocenters. The number of hydrogen-bond donors (Lipinski definition) is 0. The number of alkyl halides is 2. The Kier molecular flexibility index (Phi) is 1.84. The second kappa shape index (κ2) is 2.60. The third-order valence-electron chi connectivity index (χ3n) is 2.14. The van der Waals surface area contributed by atoms with Crippen LogP contribution in [0.3, 0.4) is 0 Å². The van der Waals surface area contributed by atoms with E-state index < -0.39 is 0 Å². The Morgan fingerprint density at radius 3 is 1.73 bits per heavy atom. The van der Waals surface area contributed by atoms with Crippen molar-refractivity contribution >= 4 is 31.9 Å². The Labute approximate surface area is 83.3 Å². The molecule has 0 aliphatic heterocycles. The first kappa shape index (κ1) is 7.81. The maximum atomic E-state index is 3.64. The molecule has 1 fully saturated rings. The number of hydrogen-bond acceptors (Lipinski definition) is 0. The molecule has 0 radical (unpaired) electrons. The van der Waals surface area contributed by atoms with Crippen molar-refractivity contribution in [3.05, 3.63) is 36.5 Å². The highest BCUT2D eigenvalue weighted by Gasteiger charge is 2.58. The maximum absolute atomic E-state index is 3.64. The molecule has 0 spiro atoms. The Hall–Kier alpha value is 0.180. The molecular formula is C9H8Br2. The van der Waals surface area contributed by atoms with E-state index in [1.807, 2.05) is 0 Å². The molecule has 0 aromatic rings. The van der Waals surface area contributed by atoms with Crippen molar-refractivity contribution in [2.24, 2.45) is 11.8 Å². The van der Waals surface area contributed by atoms with Gasteiger partial charge in [0, 0.05) is 11.8 Å². The topological polar surface area (TPSA) is 0 Å². The van der Waals surface area contributed by atoms with Crippen LogP contribution < -0.4 is 0 Å². The van der Waals surface area contributed by atoms with Crippen molar-refractivity contribution in [2.45, 2.75) is 3.23 Å². The van der Waals surface area contributed by atoms with Crippen LogP contribution in [0.2, 0.25) is 0 Å². The highest BCUT2D eigenvalue weighted by Crippen LogP contribution is 2.63. The van der Waals surface area contributed by atoms with Crippen LogP contribution in [-0.4, -0.2) is 3.23 Å². The van der Waals surface area contributed by atoms with Gasteiger partial charge in [0.05, 0.1) is 3.23 Å². The van der Waals surface area contributed by atoms with Crippen molar-refractivity contribution in [3.8, 4) is 0 Å². The average molecular weight is 276 g/mol. The van der Waals surface area contributed by atoms with Gasteiger partial charge in [-0.05, 0) is 0 Å². The fourth-order valence-electron chi connectivity index (χ4n) is 1.37. The average Bonchev–Trinajstić information content (AvgIpc) is 2.29. The molecular weight excluding hydrogens is 268 g/mol. The first-order valence-corrected chi connectivity index (χ1v) is 5.21. The molecule has 0 aromatic carbocycles. The molecule has 2 heteroatoms. The lowest BCUT2D eigenvalue weighted by molar-refractivity contribution is 0.993. The lowest BCUT2D eigenvalue weighted by Crippen LogP contribution is -1.84. The van der Waals surface area contributed by atoms with Crippen molar-refractivity contribution in [2.75, 3.05) is 0 Å². The zero-order chi connectivity index (χ0) is 7.90. The molecule has 0 heterocycles. The van der Waals surface area contributed by atoms with E-state index in [1.54, 1.807) is 0 Å². The largest absolute Gasteiger partial charge is 0.0942 e. The first-order valence-electron chi connectivity index (χ1n) is 3.62. The summed E-state index contributed by atoms with van der Waals surface area (Å²) >= 11 is 7.27. The summed E-state index contributed by atoms with van der Waals surface area (Å²) in [4.78, 5) is 0. The molecule has 58 valence electrons. The fourth-order valence-corrected chi connectivity index (χ4v) is 2.85. The molecule has 2 unspecified atom stereocenters. The molecule has 1 saturated carbocycles. The minimum absolute atomic E-state index is 0.138. The SMILES string of the molecule is BrC1(Br)C2C=CC=CC=CC21. The van der Waals surface area contributed by atoms with E-state index in [2.05, 4.69) is 68.3 Å². The van der Waals surface area contributed by atoms with E-state index >= 15 is 0 Å². The number of halogens is 2. The van der Waals surface area contributed by atoms with Gasteiger partial charge in [0.25, 0.3) is 0 Å². The second-order valence-electron chi connectivity index (χ2n) is 2.88. The van der Waals surface area contributed by atoms with Crippen LogP contribution in [0.4, 0.5) is 0 Å². The summed E-state index contributed by atoms with van der Waals surface area (Å²) in [6.07, 6.45) is 12.8. The van der Waals surface area contributed by atoms with Gasteiger partial charge >= 0.3 is 0 Å². The summed E-state index contributed by atoms with van der Waals surface area (Å²) in [5.41, 5.74) is 0.